The van der Waals surface area contributed by atoms with Crippen molar-refractivity contribution in [2.75, 3.05) is 0 Å². The molecule has 6 heteroatoms. The van der Waals surface area contributed by atoms with Crippen LogP contribution in [0.5, 0.6) is 0 Å². The molecule has 4 aliphatic carbocycles. The first-order valence-electron chi connectivity index (χ1n) is 15.2. The normalized spacial score (nSPS) is 37.7. The molecule has 0 heterocycles. The van der Waals surface area contributed by atoms with Crippen LogP contribution in [0.15, 0.2) is 60.7 Å². The average Bonchev–Trinajstić information content (AvgIpc) is 3.31. The van der Waals surface area contributed by atoms with Crippen molar-refractivity contribution in [3.63, 3.8) is 0 Å². The zero-order valence-electron chi connectivity index (χ0n) is 24.2. The van der Waals surface area contributed by atoms with Gasteiger partial charge in [0.15, 0.2) is 0 Å². The van der Waals surface area contributed by atoms with E-state index in [1.165, 1.54) is 0 Å². The highest BCUT2D eigenvalue weighted by atomic mass is 16.6. The van der Waals surface area contributed by atoms with Gasteiger partial charge in [0.1, 0.15) is 23.8 Å². The second-order valence-corrected chi connectivity index (χ2v) is 13.5. The molecule has 0 bridgehead atoms. The third-order valence-corrected chi connectivity index (χ3v) is 11.4. The van der Waals surface area contributed by atoms with Crippen molar-refractivity contribution < 1.29 is 28.7 Å². The number of hydrogen-bond donors (Lipinski definition) is 0. The number of fused-ring (bicyclic) bond motifs is 5. The van der Waals surface area contributed by atoms with Crippen LogP contribution >= 0.6 is 0 Å². The molecule has 4 saturated carbocycles. The van der Waals surface area contributed by atoms with Crippen LogP contribution < -0.4 is 0 Å². The average molecular weight is 557 g/mol. The zero-order chi connectivity index (χ0) is 28.9. The van der Waals surface area contributed by atoms with Crippen LogP contribution in [-0.2, 0) is 19.1 Å². The minimum Gasteiger partial charge on any atom is -0.458 e. The lowest BCUT2D eigenvalue weighted by Gasteiger charge is -2.63. The highest BCUT2D eigenvalue weighted by Gasteiger charge is 2.67. The van der Waals surface area contributed by atoms with Gasteiger partial charge < -0.3 is 9.47 Å². The predicted molar refractivity (Wildman–Crippen MR) is 153 cm³/mol. The van der Waals surface area contributed by atoms with E-state index in [4.69, 9.17) is 9.47 Å². The second-order valence-electron chi connectivity index (χ2n) is 13.5. The van der Waals surface area contributed by atoms with Gasteiger partial charge in [0.05, 0.1) is 11.1 Å². The Morgan fingerprint density at radius 2 is 1.39 bits per heavy atom. The molecule has 9 atom stereocenters. The maximum absolute atomic E-state index is 13.5. The van der Waals surface area contributed by atoms with E-state index in [0.29, 0.717) is 36.8 Å². The largest absolute Gasteiger partial charge is 0.458 e. The highest BCUT2D eigenvalue weighted by molar-refractivity contribution is 5.90. The van der Waals surface area contributed by atoms with Crippen LogP contribution in [0.2, 0.25) is 0 Å². The Labute approximate surface area is 242 Å². The number of hydrogen-bond acceptors (Lipinski definition) is 6. The topological polar surface area (TPSA) is 86.7 Å². The standard InChI is InChI=1S/C35H40O6/c1-21(36)26-14-15-27-30-28(40-32(38)22-10-6-4-7-11-22)19-24-18-25(37)16-17-34(24,2)31(30)29(20-35(26,27)3)41-33(39)23-12-8-5-9-13-23/h4-13,24,26-31H,14-20H2,1-3H3/t24?,26?,27?,28-,29-,30?,31?,34+,35-/m1/s1. The summed E-state index contributed by atoms with van der Waals surface area (Å²) in [4.78, 5) is 52.7. The second kappa shape index (κ2) is 10.5. The van der Waals surface area contributed by atoms with Crippen molar-refractivity contribution >= 4 is 23.5 Å². The monoisotopic (exact) mass is 556 g/mol. The van der Waals surface area contributed by atoms with Gasteiger partial charge in [0.2, 0.25) is 0 Å². The molecule has 6 rings (SSSR count). The summed E-state index contributed by atoms with van der Waals surface area (Å²) in [5, 5.41) is 0. The summed E-state index contributed by atoms with van der Waals surface area (Å²) >= 11 is 0. The first kappa shape index (κ1) is 27.9. The number of esters is 2. The summed E-state index contributed by atoms with van der Waals surface area (Å²) in [5.41, 5.74) is 0.371. The van der Waals surface area contributed by atoms with Gasteiger partial charge in [0, 0.05) is 30.6 Å². The number of carbonyl (C=O) groups is 4. The Balaban J connectivity index is 1.43. The number of ketones is 2. The molecule has 4 aliphatic rings. The lowest BCUT2D eigenvalue weighted by atomic mass is 9.43. The van der Waals surface area contributed by atoms with Crippen molar-refractivity contribution in [3.8, 4) is 0 Å². The number of ether oxygens (including phenoxy) is 2. The molecule has 41 heavy (non-hydrogen) atoms. The first-order valence-corrected chi connectivity index (χ1v) is 15.2. The Morgan fingerprint density at radius 3 is 1.98 bits per heavy atom. The fraction of sp³-hybridized carbons (Fsp3) is 0.543. The summed E-state index contributed by atoms with van der Waals surface area (Å²) in [7, 11) is 0. The molecule has 216 valence electrons. The van der Waals surface area contributed by atoms with E-state index >= 15 is 0 Å². The third kappa shape index (κ3) is 4.73. The molecule has 6 nitrogen and oxygen atoms in total. The van der Waals surface area contributed by atoms with Crippen LogP contribution in [0, 0.1) is 40.4 Å². The number of carbonyl (C=O) groups excluding carboxylic acids is 4. The summed E-state index contributed by atoms with van der Waals surface area (Å²) in [6, 6.07) is 18.1. The minimum absolute atomic E-state index is 0.0332. The lowest BCUT2D eigenvalue weighted by molar-refractivity contribution is -0.205. The predicted octanol–water partition coefficient (Wildman–Crippen LogP) is 6.47. The molecule has 4 fully saturated rings. The molecule has 0 spiro atoms. The number of benzene rings is 2. The van der Waals surface area contributed by atoms with Gasteiger partial charge in [-0.3, -0.25) is 9.59 Å². The van der Waals surface area contributed by atoms with Crippen LogP contribution in [-0.4, -0.2) is 35.7 Å². The minimum atomic E-state index is -0.451. The van der Waals surface area contributed by atoms with E-state index in [1.54, 1.807) is 31.2 Å². The van der Waals surface area contributed by atoms with Gasteiger partial charge in [-0.15, -0.1) is 0 Å². The van der Waals surface area contributed by atoms with Crippen LogP contribution in [0.1, 0.15) is 86.4 Å². The van der Waals surface area contributed by atoms with Gasteiger partial charge in [-0.2, -0.15) is 0 Å². The summed E-state index contributed by atoms with van der Waals surface area (Å²) in [6.45, 7) is 6.12. The fourth-order valence-corrected chi connectivity index (χ4v) is 9.52. The quantitative estimate of drug-likeness (QED) is 0.392. The maximum Gasteiger partial charge on any atom is 0.338 e. The van der Waals surface area contributed by atoms with Crippen molar-refractivity contribution in [1.82, 2.24) is 0 Å². The van der Waals surface area contributed by atoms with Crippen molar-refractivity contribution in [3.05, 3.63) is 71.8 Å². The molecule has 0 N–H and O–H groups in total. The maximum atomic E-state index is 13.5. The van der Waals surface area contributed by atoms with E-state index < -0.39 is 12.2 Å². The zero-order valence-corrected chi connectivity index (χ0v) is 24.2. The smallest absolute Gasteiger partial charge is 0.338 e. The van der Waals surface area contributed by atoms with Crippen LogP contribution in [0.3, 0.4) is 0 Å². The third-order valence-electron chi connectivity index (χ3n) is 11.4. The van der Waals surface area contributed by atoms with E-state index in [2.05, 4.69) is 13.8 Å². The van der Waals surface area contributed by atoms with E-state index in [0.717, 1.165) is 19.3 Å². The van der Waals surface area contributed by atoms with Gasteiger partial charge in [-0.05, 0) is 86.0 Å². The first-order chi connectivity index (χ1) is 19.6. The van der Waals surface area contributed by atoms with Crippen LogP contribution in [0.25, 0.3) is 0 Å². The molecule has 0 amide bonds. The molecule has 0 saturated heterocycles. The van der Waals surface area contributed by atoms with Crippen molar-refractivity contribution in [2.45, 2.75) is 77.9 Å². The molecule has 2 aromatic rings. The Bertz CT molecular complexity index is 1340. The molecular formula is C35H40O6. The Hall–Kier alpha value is -3.28. The van der Waals surface area contributed by atoms with Gasteiger partial charge in [-0.25, -0.2) is 9.59 Å². The van der Waals surface area contributed by atoms with Gasteiger partial charge in [-0.1, -0.05) is 50.2 Å². The van der Waals surface area contributed by atoms with Gasteiger partial charge >= 0.3 is 11.9 Å². The van der Waals surface area contributed by atoms with E-state index in [9.17, 15) is 19.2 Å². The van der Waals surface area contributed by atoms with Crippen molar-refractivity contribution in [1.29, 1.82) is 0 Å². The number of rotatable bonds is 5. The SMILES string of the molecule is CC(=O)C1CCC2C3C([C@H](OC(=O)c4ccccc4)C[C@]12C)[C@@]1(C)CCC(=O)CC1C[C@H]3OC(=O)c1ccccc1. The Morgan fingerprint density at radius 1 is 0.805 bits per heavy atom. The molecule has 0 aliphatic heterocycles. The number of Topliss-reactive ketones (excluding diaryl/α,β-unsaturated/α-hetero) is 2. The summed E-state index contributed by atoms with van der Waals surface area (Å²) in [5.74, 6) is -0.431. The molecule has 0 aromatic heterocycles. The van der Waals surface area contributed by atoms with Crippen molar-refractivity contribution in [2.24, 2.45) is 40.4 Å². The van der Waals surface area contributed by atoms with Crippen LogP contribution in [0.4, 0.5) is 0 Å². The molecular weight excluding hydrogens is 516 g/mol. The summed E-state index contributed by atoms with van der Waals surface area (Å²) < 4.78 is 12.8. The Kier molecular flexibility index (Phi) is 7.15. The van der Waals surface area contributed by atoms with E-state index in [1.807, 2.05) is 36.4 Å². The highest BCUT2D eigenvalue weighted by Crippen LogP contribution is 2.68. The molecule has 0 radical (unpaired) electrons. The lowest BCUT2D eigenvalue weighted by Crippen LogP contribution is -2.64. The summed E-state index contributed by atoms with van der Waals surface area (Å²) in [6.07, 6.45) is 3.69. The fourth-order valence-electron chi connectivity index (χ4n) is 9.52. The van der Waals surface area contributed by atoms with E-state index in [-0.39, 0.29) is 63.9 Å². The molecule has 2 aromatic carbocycles. The van der Waals surface area contributed by atoms with Gasteiger partial charge in [0.25, 0.3) is 0 Å². The molecule has 5 unspecified atom stereocenters.